The van der Waals surface area contributed by atoms with Crippen molar-refractivity contribution in [3.8, 4) is 0 Å². The van der Waals surface area contributed by atoms with Gasteiger partial charge in [-0.25, -0.2) is 0 Å². The number of nitrogens with one attached hydrogen (secondary N) is 1. The van der Waals surface area contributed by atoms with Crippen LogP contribution >= 0.6 is 0 Å². The fourth-order valence-electron chi connectivity index (χ4n) is 1.74. The fraction of sp³-hybridized carbons (Fsp3) is 0.778. The smallest absolute Gasteiger partial charge is 0.227 e. The maximum absolute atomic E-state index is 11.2. The minimum atomic E-state index is -0.174. The number of oxime groups is 1. The van der Waals surface area contributed by atoms with Gasteiger partial charge in [0.2, 0.25) is 5.91 Å². The van der Waals surface area contributed by atoms with Gasteiger partial charge in [-0.2, -0.15) is 0 Å². The van der Waals surface area contributed by atoms with Crippen LogP contribution in [0.3, 0.4) is 0 Å². The summed E-state index contributed by atoms with van der Waals surface area (Å²) in [5, 5.41) is 13.8. The average molecular weight is 199 g/mol. The van der Waals surface area contributed by atoms with Gasteiger partial charge in [0.05, 0.1) is 6.42 Å². The van der Waals surface area contributed by atoms with Crippen LogP contribution in [-0.2, 0) is 4.79 Å². The van der Waals surface area contributed by atoms with Gasteiger partial charge in [-0.1, -0.05) is 18.0 Å². The van der Waals surface area contributed by atoms with E-state index in [1.165, 1.54) is 25.7 Å². The predicted octanol–water partition coefficient (Wildman–Crippen LogP) is 0.429. The summed E-state index contributed by atoms with van der Waals surface area (Å²) in [6.45, 7) is 0.720. The highest BCUT2D eigenvalue weighted by Crippen LogP contribution is 2.23. The third-order valence-electron chi connectivity index (χ3n) is 2.53. The molecule has 0 unspecified atom stereocenters. The second-order valence-electron chi connectivity index (χ2n) is 3.72. The largest absolute Gasteiger partial charge is 0.409 e. The van der Waals surface area contributed by atoms with Crippen molar-refractivity contribution in [3.05, 3.63) is 0 Å². The predicted molar refractivity (Wildman–Crippen MR) is 53.0 cm³/mol. The number of rotatable bonds is 4. The molecule has 1 aliphatic rings. The van der Waals surface area contributed by atoms with Crippen LogP contribution in [0.25, 0.3) is 0 Å². The lowest BCUT2D eigenvalue weighted by molar-refractivity contribution is -0.120. The van der Waals surface area contributed by atoms with Gasteiger partial charge < -0.3 is 16.3 Å². The zero-order valence-electron chi connectivity index (χ0n) is 8.20. The van der Waals surface area contributed by atoms with Gasteiger partial charge in [0, 0.05) is 6.54 Å². The maximum Gasteiger partial charge on any atom is 0.227 e. The summed E-state index contributed by atoms with van der Waals surface area (Å²) in [5.74, 6) is 0.396. The van der Waals surface area contributed by atoms with E-state index in [2.05, 4.69) is 10.5 Å². The van der Waals surface area contributed by atoms with Crippen molar-refractivity contribution in [3.63, 3.8) is 0 Å². The molecule has 1 amide bonds. The van der Waals surface area contributed by atoms with Crippen molar-refractivity contribution >= 4 is 11.7 Å². The van der Waals surface area contributed by atoms with Crippen LogP contribution in [0.15, 0.2) is 5.16 Å². The van der Waals surface area contributed by atoms with Gasteiger partial charge in [0.1, 0.15) is 5.84 Å². The van der Waals surface area contributed by atoms with Crippen LogP contribution in [0, 0.1) is 5.92 Å². The molecule has 0 aromatic rings. The third-order valence-corrected chi connectivity index (χ3v) is 2.53. The van der Waals surface area contributed by atoms with Crippen LogP contribution in [0.4, 0.5) is 0 Å². The zero-order chi connectivity index (χ0) is 10.4. The summed E-state index contributed by atoms with van der Waals surface area (Å²) < 4.78 is 0. The standard InChI is InChI=1S/C9H17N3O2/c10-8(12-14)5-9(13)11-6-7-3-1-2-4-7/h7,14H,1-6H2,(H2,10,12)(H,11,13). The van der Waals surface area contributed by atoms with E-state index in [0.29, 0.717) is 5.92 Å². The van der Waals surface area contributed by atoms with Crippen LogP contribution in [0.1, 0.15) is 32.1 Å². The molecule has 4 N–H and O–H groups in total. The van der Waals surface area contributed by atoms with Crippen molar-refractivity contribution in [2.75, 3.05) is 6.54 Å². The second kappa shape index (κ2) is 5.47. The third kappa shape index (κ3) is 3.64. The molecule has 1 fully saturated rings. The molecule has 1 rings (SSSR count). The minimum Gasteiger partial charge on any atom is -0.409 e. The number of amidine groups is 1. The van der Waals surface area contributed by atoms with Crippen LogP contribution in [0.2, 0.25) is 0 Å². The highest BCUT2D eigenvalue weighted by atomic mass is 16.4. The molecule has 5 heteroatoms. The number of nitrogens with two attached hydrogens (primary N) is 1. The Labute approximate surface area is 83.3 Å². The molecule has 14 heavy (non-hydrogen) atoms. The molecule has 1 aliphatic carbocycles. The first-order chi connectivity index (χ1) is 6.72. The van der Waals surface area contributed by atoms with Gasteiger partial charge >= 0.3 is 0 Å². The van der Waals surface area contributed by atoms with E-state index in [4.69, 9.17) is 10.9 Å². The molecule has 0 spiro atoms. The first kappa shape index (κ1) is 10.8. The molecular formula is C9H17N3O2. The molecule has 0 aliphatic heterocycles. The molecular weight excluding hydrogens is 182 g/mol. The Bertz CT molecular complexity index is 222. The van der Waals surface area contributed by atoms with Gasteiger partial charge in [0.25, 0.3) is 0 Å². The Morgan fingerprint density at radius 2 is 2.14 bits per heavy atom. The van der Waals surface area contributed by atoms with Crippen LogP contribution in [0.5, 0.6) is 0 Å². The number of nitrogens with zero attached hydrogens (tertiary/aromatic N) is 1. The Morgan fingerprint density at radius 3 is 2.71 bits per heavy atom. The average Bonchev–Trinajstić information content (AvgIpc) is 2.67. The lowest BCUT2D eigenvalue weighted by Gasteiger charge is -2.09. The van der Waals surface area contributed by atoms with Crippen molar-refractivity contribution in [1.29, 1.82) is 0 Å². The van der Waals surface area contributed by atoms with Gasteiger partial charge in [-0.3, -0.25) is 4.79 Å². The number of amides is 1. The topological polar surface area (TPSA) is 87.7 Å². The summed E-state index contributed by atoms with van der Waals surface area (Å²) in [7, 11) is 0. The van der Waals surface area contributed by atoms with Crippen molar-refractivity contribution < 1.29 is 10.0 Å². The molecule has 1 saturated carbocycles. The first-order valence-electron chi connectivity index (χ1n) is 4.95. The summed E-state index contributed by atoms with van der Waals surface area (Å²) >= 11 is 0. The molecule has 0 saturated heterocycles. The van der Waals surface area contributed by atoms with E-state index in [1.54, 1.807) is 0 Å². The molecule has 80 valence electrons. The lowest BCUT2D eigenvalue weighted by Crippen LogP contribution is -2.31. The summed E-state index contributed by atoms with van der Waals surface area (Å²) in [5.41, 5.74) is 5.20. The van der Waals surface area contributed by atoms with Crippen LogP contribution in [-0.4, -0.2) is 23.5 Å². The van der Waals surface area contributed by atoms with E-state index in [1.807, 2.05) is 0 Å². The van der Waals surface area contributed by atoms with Gasteiger partial charge in [-0.15, -0.1) is 0 Å². The molecule has 0 bridgehead atoms. The van der Waals surface area contributed by atoms with Gasteiger partial charge in [0.15, 0.2) is 0 Å². The van der Waals surface area contributed by atoms with Crippen molar-refractivity contribution in [2.45, 2.75) is 32.1 Å². The molecule has 0 radical (unpaired) electrons. The Balaban J connectivity index is 2.14. The summed E-state index contributed by atoms with van der Waals surface area (Å²) in [6, 6.07) is 0. The summed E-state index contributed by atoms with van der Waals surface area (Å²) in [6.07, 6.45) is 4.90. The Hall–Kier alpha value is -1.26. The normalized spacial score (nSPS) is 18.4. The Kier molecular flexibility index (Phi) is 4.22. The molecule has 5 nitrogen and oxygen atoms in total. The molecule has 0 aromatic carbocycles. The number of carbonyl (C=O) groups is 1. The fourth-order valence-corrected chi connectivity index (χ4v) is 1.74. The Morgan fingerprint density at radius 1 is 1.50 bits per heavy atom. The quantitative estimate of drug-likeness (QED) is 0.265. The van der Waals surface area contributed by atoms with Crippen molar-refractivity contribution in [2.24, 2.45) is 16.8 Å². The van der Waals surface area contributed by atoms with E-state index in [0.717, 1.165) is 6.54 Å². The highest BCUT2D eigenvalue weighted by molar-refractivity contribution is 5.98. The minimum absolute atomic E-state index is 0.0246. The SMILES string of the molecule is N/C(CC(=O)NCC1CCCC1)=N\O. The van der Waals surface area contributed by atoms with E-state index >= 15 is 0 Å². The van der Waals surface area contributed by atoms with E-state index in [9.17, 15) is 4.79 Å². The van der Waals surface area contributed by atoms with Crippen LogP contribution < -0.4 is 11.1 Å². The van der Waals surface area contributed by atoms with E-state index < -0.39 is 0 Å². The van der Waals surface area contributed by atoms with Gasteiger partial charge in [-0.05, 0) is 18.8 Å². The highest BCUT2D eigenvalue weighted by Gasteiger charge is 2.15. The number of hydrogen-bond donors (Lipinski definition) is 3. The maximum atomic E-state index is 11.2. The lowest BCUT2D eigenvalue weighted by atomic mass is 10.1. The van der Waals surface area contributed by atoms with Crippen molar-refractivity contribution in [1.82, 2.24) is 5.32 Å². The molecule has 0 atom stereocenters. The monoisotopic (exact) mass is 199 g/mol. The van der Waals surface area contributed by atoms with E-state index in [-0.39, 0.29) is 18.2 Å². The number of hydrogen-bond acceptors (Lipinski definition) is 3. The zero-order valence-corrected chi connectivity index (χ0v) is 8.20. The molecule has 0 heterocycles. The summed E-state index contributed by atoms with van der Waals surface area (Å²) in [4.78, 5) is 11.2. The second-order valence-corrected chi connectivity index (χ2v) is 3.72. The molecule has 0 aromatic heterocycles. The first-order valence-corrected chi connectivity index (χ1v) is 4.95. The number of carbonyl (C=O) groups excluding carboxylic acids is 1.